The first kappa shape index (κ1) is 26.4. The van der Waals surface area contributed by atoms with Gasteiger partial charge in [0, 0.05) is 45.0 Å². The van der Waals surface area contributed by atoms with Crippen molar-refractivity contribution in [2.45, 2.75) is 58.0 Å². The number of halogens is 1. The highest BCUT2D eigenvalue weighted by Gasteiger charge is 2.42. The van der Waals surface area contributed by atoms with Gasteiger partial charge >= 0.3 is 0 Å². The number of nitrogens with zero attached hydrogens (tertiary/aromatic N) is 4. The SMILES string of the molecule is Cc1nn(C2CCC2)c(C)c1C(=O)N1CC2CN(CCC(NC(=O)C3CCOC3)c3cccc(F)c3)C[C@H]2C1. The summed E-state index contributed by atoms with van der Waals surface area (Å²) in [6.45, 7) is 9.31. The molecule has 6 rings (SSSR count). The molecule has 210 valence electrons. The van der Waals surface area contributed by atoms with E-state index in [0.717, 1.165) is 74.5 Å². The average Bonchev–Trinajstić information content (AvgIpc) is 3.65. The first-order valence-corrected chi connectivity index (χ1v) is 14.6. The standard InChI is InChI=1S/C30H40FN5O3/c1-19-28(20(2)36(33-19)26-7-4-8-26)30(38)35-16-23-14-34(15-24(23)17-35)11-9-27(21-5-3-6-25(31)13-21)32-29(37)22-10-12-39-18-22/h3,5-6,13,22-24,26-27H,4,7-12,14-18H2,1-2H3,(H,32,37)/t22?,23-,24?,27?/m0/s1. The van der Waals surface area contributed by atoms with E-state index in [4.69, 9.17) is 9.84 Å². The van der Waals surface area contributed by atoms with E-state index in [2.05, 4.69) is 14.9 Å². The number of amides is 2. The Bertz CT molecular complexity index is 1210. The quantitative estimate of drug-likeness (QED) is 0.556. The van der Waals surface area contributed by atoms with Gasteiger partial charge in [-0.25, -0.2) is 4.39 Å². The predicted molar refractivity (Wildman–Crippen MR) is 145 cm³/mol. The number of carbonyl (C=O) groups is 2. The molecule has 0 radical (unpaired) electrons. The summed E-state index contributed by atoms with van der Waals surface area (Å²) in [6, 6.07) is 6.75. The summed E-state index contributed by atoms with van der Waals surface area (Å²) in [7, 11) is 0. The van der Waals surface area contributed by atoms with Crippen LogP contribution in [0.15, 0.2) is 24.3 Å². The lowest BCUT2D eigenvalue weighted by molar-refractivity contribution is -0.125. The van der Waals surface area contributed by atoms with Crippen molar-refractivity contribution < 1.29 is 18.7 Å². The molecule has 4 heterocycles. The predicted octanol–water partition coefficient (Wildman–Crippen LogP) is 3.65. The number of aryl methyl sites for hydroxylation is 1. The van der Waals surface area contributed by atoms with Gasteiger partial charge in [0.2, 0.25) is 5.91 Å². The molecule has 2 aromatic rings. The third-order valence-corrected chi connectivity index (χ3v) is 9.41. The maximum Gasteiger partial charge on any atom is 0.257 e. The Balaban J connectivity index is 1.05. The first-order chi connectivity index (χ1) is 18.9. The number of rotatable bonds is 8. The van der Waals surface area contributed by atoms with Crippen LogP contribution >= 0.6 is 0 Å². The van der Waals surface area contributed by atoms with Gasteiger partial charge < -0.3 is 19.9 Å². The van der Waals surface area contributed by atoms with Crippen LogP contribution in [0.5, 0.6) is 0 Å². The molecule has 4 atom stereocenters. The minimum absolute atomic E-state index is 0.0135. The fourth-order valence-electron chi connectivity index (χ4n) is 6.94. The van der Waals surface area contributed by atoms with Gasteiger partial charge in [-0.15, -0.1) is 0 Å². The van der Waals surface area contributed by atoms with Crippen LogP contribution < -0.4 is 5.32 Å². The Hall–Kier alpha value is -2.78. The second-order valence-corrected chi connectivity index (χ2v) is 12.0. The Labute approximate surface area is 229 Å². The Morgan fingerprint density at radius 3 is 2.54 bits per heavy atom. The van der Waals surface area contributed by atoms with E-state index in [0.29, 0.717) is 37.5 Å². The molecule has 0 bridgehead atoms. The zero-order valence-corrected chi connectivity index (χ0v) is 23.1. The summed E-state index contributed by atoms with van der Waals surface area (Å²) in [5, 5.41) is 7.90. The van der Waals surface area contributed by atoms with Gasteiger partial charge in [-0.1, -0.05) is 12.1 Å². The molecule has 8 nitrogen and oxygen atoms in total. The molecular formula is C30H40FN5O3. The van der Waals surface area contributed by atoms with Crippen LogP contribution in [0.2, 0.25) is 0 Å². The van der Waals surface area contributed by atoms with Gasteiger partial charge in [-0.2, -0.15) is 5.10 Å². The lowest BCUT2D eigenvalue weighted by Crippen LogP contribution is -2.37. The summed E-state index contributed by atoms with van der Waals surface area (Å²) in [5.74, 6) is 0.592. The minimum Gasteiger partial charge on any atom is -0.381 e. The third-order valence-electron chi connectivity index (χ3n) is 9.41. The molecule has 1 aliphatic carbocycles. The van der Waals surface area contributed by atoms with Crippen LogP contribution in [-0.4, -0.2) is 77.3 Å². The fourth-order valence-corrected chi connectivity index (χ4v) is 6.94. The van der Waals surface area contributed by atoms with Crippen molar-refractivity contribution in [3.63, 3.8) is 0 Å². The zero-order valence-electron chi connectivity index (χ0n) is 23.1. The number of aromatic nitrogens is 2. The van der Waals surface area contributed by atoms with Crippen molar-refractivity contribution in [3.05, 3.63) is 52.6 Å². The molecule has 1 aromatic carbocycles. The molecule has 3 aliphatic heterocycles. The van der Waals surface area contributed by atoms with Gasteiger partial charge in [0.05, 0.1) is 35.9 Å². The van der Waals surface area contributed by atoms with E-state index in [-0.39, 0.29) is 29.6 Å². The van der Waals surface area contributed by atoms with Crippen molar-refractivity contribution in [2.24, 2.45) is 17.8 Å². The second kappa shape index (κ2) is 11.0. The van der Waals surface area contributed by atoms with E-state index in [9.17, 15) is 14.0 Å². The van der Waals surface area contributed by atoms with Crippen molar-refractivity contribution in [1.82, 2.24) is 24.9 Å². The largest absolute Gasteiger partial charge is 0.381 e. The molecule has 4 aliphatic rings. The van der Waals surface area contributed by atoms with E-state index in [1.165, 1.54) is 18.6 Å². The van der Waals surface area contributed by atoms with Crippen molar-refractivity contribution in [2.75, 3.05) is 45.9 Å². The van der Waals surface area contributed by atoms with E-state index < -0.39 is 0 Å². The maximum atomic E-state index is 14.0. The number of fused-ring (bicyclic) bond motifs is 1. The minimum atomic E-state index is -0.292. The molecule has 4 fully saturated rings. The van der Waals surface area contributed by atoms with Crippen LogP contribution in [0.4, 0.5) is 4.39 Å². The van der Waals surface area contributed by atoms with Gasteiger partial charge in [0.1, 0.15) is 5.82 Å². The summed E-state index contributed by atoms with van der Waals surface area (Å²) in [5.41, 5.74) is 3.44. The smallest absolute Gasteiger partial charge is 0.257 e. The molecule has 0 spiro atoms. The second-order valence-electron chi connectivity index (χ2n) is 12.0. The van der Waals surface area contributed by atoms with E-state index in [1.54, 1.807) is 6.07 Å². The van der Waals surface area contributed by atoms with Crippen LogP contribution in [0.25, 0.3) is 0 Å². The molecule has 9 heteroatoms. The molecule has 2 amide bonds. The van der Waals surface area contributed by atoms with Crippen LogP contribution in [0, 0.1) is 37.4 Å². The summed E-state index contributed by atoms with van der Waals surface area (Å²) in [4.78, 5) is 30.9. The van der Waals surface area contributed by atoms with Gasteiger partial charge in [-0.3, -0.25) is 14.3 Å². The molecule has 1 N–H and O–H groups in total. The van der Waals surface area contributed by atoms with Crippen molar-refractivity contribution in [3.8, 4) is 0 Å². The molecule has 1 aromatic heterocycles. The molecule has 3 saturated heterocycles. The molecule has 1 saturated carbocycles. The van der Waals surface area contributed by atoms with Crippen LogP contribution in [-0.2, 0) is 9.53 Å². The van der Waals surface area contributed by atoms with Crippen molar-refractivity contribution >= 4 is 11.8 Å². The number of hydrogen-bond acceptors (Lipinski definition) is 5. The number of carbonyl (C=O) groups excluding carboxylic acids is 2. The van der Waals surface area contributed by atoms with Gasteiger partial charge in [0.25, 0.3) is 5.91 Å². The Morgan fingerprint density at radius 2 is 1.90 bits per heavy atom. The maximum absolute atomic E-state index is 14.0. The highest BCUT2D eigenvalue weighted by Crippen LogP contribution is 2.36. The topological polar surface area (TPSA) is 79.7 Å². The fraction of sp³-hybridized carbons (Fsp3) is 0.633. The normalized spacial score (nSPS) is 26.0. The lowest BCUT2D eigenvalue weighted by atomic mass is 9.93. The Morgan fingerprint density at radius 1 is 1.13 bits per heavy atom. The van der Waals surface area contributed by atoms with Crippen molar-refractivity contribution in [1.29, 1.82) is 0 Å². The summed E-state index contributed by atoms with van der Waals surface area (Å²) < 4.78 is 21.5. The van der Waals surface area contributed by atoms with Gasteiger partial charge in [0.15, 0.2) is 0 Å². The third kappa shape index (κ3) is 5.35. The molecule has 39 heavy (non-hydrogen) atoms. The average molecular weight is 538 g/mol. The highest BCUT2D eigenvalue weighted by molar-refractivity contribution is 5.96. The number of likely N-dealkylation sites (tertiary alicyclic amines) is 2. The monoisotopic (exact) mass is 537 g/mol. The molecular weight excluding hydrogens is 497 g/mol. The van der Waals surface area contributed by atoms with Crippen LogP contribution in [0.3, 0.4) is 0 Å². The number of nitrogens with one attached hydrogen (secondary N) is 1. The summed E-state index contributed by atoms with van der Waals surface area (Å²) >= 11 is 0. The van der Waals surface area contributed by atoms with Crippen LogP contribution in [0.1, 0.15) is 71.5 Å². The lowest BCUT2D eigenvalue weighted by Gasteiger charge is -2.27. The summed E-state index contributed by atoms with van der Waals surface area (Å²) in [6.07, 6.45) is 4.98. The highest BCUT2D eigenvalue weighted by atomic mass is 19.1. The molecule has 3 unspecified atom stereocenters. The van der Waals surface area contributed by atoms with E-state index >= 15 is 0 Å². The number of ether oxygens (including phenoxy) is 1. The van der Waals surface area contributed by atoms with E-state index in [1.807, 2.05) is 24.8 Å². The zero-order chi connectivity index (χ0) is 27.1. The number of hydrogen-bond donors (Lipinski definition) is 1. The Kier molecular flexibility index (Phi) is 7.46. The first-order valence-electron chi connectivity index (χ1n) is 14.6. The van der Waals surface area contributed by atoms with Gasteiger partial charge in [-0.05, 0) is 75.5 Å². The number of benzene rings is 1.